The lowest BCUT2D eigenvalue weighted by Crippen LogP contribution is -2.47. The number of carbonyl (C=O) groups excluding carboxylic acids is 2. The molecule has 0 aromatic heterocycles. The molecular formula is C27H48O10. The van der Waals surface area contributed by atoms with Crippen LogP contribution in [0.15, 0.2) is 0 Å². The lowest BCUT2D eigenvalue weighted by Gasteiger charge is -2.27. The molecule has 0 saturated carbocycles. The molecule has 0 bridgehead atoms. The molecule has 0 amide bonds. The third-order valence-electron chi connectivity index (χ3n) is 6.20. The largest absolute Gasteiger partial charge is 0.481 e. The maximum absolute atomic E-state index is 12.3. The van der Waals surface area contributed by atoms with Gasteiger partial charge in [-0.25, -0.2) is 4.79 Å². The van der Waals surface area contributed by atoms with Crippen molar-refractivity contribution >= 4 is 23.9 Å². The normalized spacial score (nSPS) is 13.5. The molecule has 2 unspecified atom stereocenters. The number of hydrogen-bond donors (Lipinski definition) is 4. The Morgan fingerprint density at radius 3 is 1.57 bits per heavy atom. The maximum atomic E-state index is 12.3. The number of unbranched alkanes of at least 4 members (excludes halogenated alkanes) is 14. The summed E-state index contributed by atoms with van der Waals surface area (Å²) >= 11 is 0. The molecule has 2 atom stereocenters. The molecule has 10 heteroatoms. The Balaban J connectivity index is 4.21. The highest BCUT2D eigenvalue weighted by atomic mass is 16.6. The Morgan fingerprint density at radius 1 is 0.703 bits per heavy atom. The van der Waals surface area contributed by atoms with Crippen molar-refractivity contribution < 1.29 is 49.1 Å². The fourth-order valence-corrected chi connectivity index (χ4v) is 4.01. The summed E-state index contributed by atoms with van der Waals surface area (Å²) < 4.78 is 9.66. The van der Waals surface area contributed by atoms with Crippen LogP contribution in [0.25, 0.3) is 0 Å². The van der Waals surface area contributed by atoms with Gasteiger partial charge in [-0.3, -0.25) is 14.4 Å². The van der Waals surface area contributed by atoms with Crippen LogP contribution in [0, 0.1) is 0 Å². The van der Waals surface area contributed by atoms with E-state index in [1.54, 1.807) is 0 Å². The zero-order chi connectivity index (χ0) is 27.9. The van der Waals surface area contributed by atoms with Gasteiger partial charge in [0.2, 0.25) is 5.60 Å². The number of rotatable bonds is 25. The van der Waals surface area contributed by atoms with Gasteiger partial charge in [-0.1, -0.05) is 96.8 Å². The predicted molar refractivity (Wildman–Crippen MR) is 137 cm³/mol. The summed E-state index contributed by atoms with van der Waals surface area (Å²) in [7, 11) is 0. The first-order valence-electron chi connectivity index (χ1n) is 13.8. The summed E-state index contributed by atoms with van der Waals surface area (Å²) in [6.07, 6.45) is 13.7. The van der Waals surface area contributed by atoms with Crippen molar-refractivity contribution in [2.45, 2.75) is 134 Å². The average molecular weight is 533 g/mol. The summed E-state index contributed by atoms with van der Waals surface area (Å²) in [6, 6.07) is 0. The lowest BCUT2D eigenvalue weighted by molar-refractivity contribution is -0.187. The van der Waals surface area contributed by atoms with Gasteiger partial charge in [0.25, 0.3) is 0 Å². The molecule has 0 aliphatic rings. The van der Waals surface area contributed by atoms with E-state index in [-0.39, 0.29) is 6.42 Å². The smallest absolute Gasteiger partial charge is 0.349 e. The molecule has 0 saturated heterocycles. The molecular weight excluding hydrogens is 484 g/mol. The average Bonchev–Trinajstić information content (AvgIpc) is 2.84. The Morgan fingerprint density at radius 2 is 1.16 bits per heavy atom. The standard InChI is InChI=1S/C27H48O10/c1-2-3-4-5-6-7-8-9-10-11-12-13-14-15-16-17-24(32)37-27(26(34)35,18-23(30)31)19-25(33)36-21-22(29)20-28/h22,28-29H,2-21H2,1H3,(H,30,31)(H,34,35). The summed E-state index contributed by atoms with van der Waals surface area (Å²) in [5, 5.41) is 36.7. The van der Waals surface area contributed by atoms with Gasteiger partial charge in [-0.05, 0) is 6.42 Å². The highest BCUT2D eigenvalue weighted by molar-refractivity contribution is 5.91. The molecule has 0 heterocycles. The van der Waals surface area contributed by atoms with Crippen LogP contribution in [-0.4, -0.2) is 69.2 Å². The minimum Gasteiger partial charge on any atom is -0.481 e. The molecule has 10 nitrogen and oxygen atoms in total. The van der Waals surface area contributed by atoms with E-state index in [1.807, 2.05) is 0 Å². The number of esters is 2. The third kappa shape index (κ3) is 18.7. The number of ether oxygens (including phenoxy) is 2. The van der Waals surface area contributed by atoms with Crippen molar-refractivity contribution in [2.75, 3.05) is 13.2 Å². The van der Waals surface area contributed by atoms with Crippen LogP contribution in [0.3, 0.4) is 0 Å². The fraction of sp³-hybridized carbons (Fsp3) is 0.852. The van der Waals surface area contributed by atoms with E-state index in [4.69, 9.17) is 14.9 Å². The maximum Gasteiger partial charge on any atom is 0.349 e. The van der Waals surface area contributed by atoms with Crippen molar-refractivity contribution in [1.82, 2.24) is 0 Å². The van der Waals surface area contributed by atoms with E-state index >= 15 is 0 Å². The number of carboxylic acids is 2. The first kappa shape index (κ1) is 34.8. The van der Waals surface area contributed by atoms with Gasteiger partial charge >= 0.3 is 23.9 Å². The molecule has 0 aromatic rings. The van der Waals surface area contributed by atoms with Crippen molar-refractivity contribution in [1.29, 1.82) is 0 Å². The van der Waals surface area contributed by atoms with Crippen LogP contribution in [-0.2, 0) is 28.7 Å². The summed E-state index contributed by atoms with van der Waals surface area (Å²) in [6.45, 7) is 0.941. The SMILES string of the molecule is CCCCCCCCCCCCCCCCCC(=O)OC(CC(=O)O)(CC(=O)OCC(O)CO)C(=O)O. The van der Waals surface area contributed by atoms with Crippen LogP contribution in [0.1, 0.15) is 122 Å². The molecule has 0 spiro atoms. The Kier molecular flexibility index (Phi) is 20.5. The van der Waals surface area contributed by atoms with E-state index < -0.39 is 61.6 Å². The molecule has 0 aliphatic heterocycles. The van der Waals surface area contributed by atoms with Gasteiger partial charge < -0.3 is 29.9 Å². The Hall–Kier alpha value is -2.20. The number of carboxylic acid groups (broad SMARTS) is 2. The highest BCUT2D eigenvalue weighted by Gasteiger charge is 2.47. The Bertz CT molecular complexity index is 651. The lowest BCUT2D eigenvalue weighted by atomic mass is 9.95. The monoisotopic (exact) mass is 532 g/mol. The van der Waals surface area contributed by atoms with Crippen LogP contribution in [0.4, 0.5) is 0 Å². The zero-order valence-electron chi connectivity index (χ0n) is 22.5. The third-order valence-corrected chi connectivity index (χ3v) is 6.20. The van der Waals surface area contributed by atoms with E-state index in [0.29, 0.717) is 6.42 Å². The minimum atomic E-state index is -2.61. The van der Waals surface area contributed by atoms with Crippen molar-refractivity contribution in [3.63, 3.8) is 0 Å². The molecule has 4 N–H and O–H groups in total. The summed E-state index contributed by atoms with van der Waals surface area (Å²) in [5.41, 5.74) is -2.61. The zero-order valence-corrected chi connectivity index (χ0v) is 22.5. The molecule has 0 rings (SSSR count). The van der Waals surface area contributed by atoms with Crippen LogP contribution in [0.2, 0.25) is 0 Å². The van der Waals surface area contributed by atoms with E-state index in [1.165, 1.54) is 64.2 Å². The van der Waals surface area contributed by atoms with E-state index in [0.717, 1.165) is 25.7 Å². The minimum absolute atomic E-state index is 0.0921. The molecule has 37 heavy (non-hydrogen) atoms. The summed E-state index contributed by atoms with van der Waals surface area (Å²) in [5.74, 6) is -5.41. The second kappa shape index (κ2) is 21.8. The van der Waals surface area contributed by atoms with E-state index in [9.17, 15) is 29.4 Å². The van der Waals surface area contributed by atoms with Gasteiger partial charge in [0.05, 0.1) is 19.4 Å². The van der Waals surface area contributed by atoms with Crippen molar-refractivity contribution in [3.8, 4) is 0 Å². The van der Waals surface area contributed by atoms with Crippen molar-refractivity contribution in [2.24, 2.45) is 0 Å². The number of carbonyl (C=O) groups is 4. The molecule has 0 fully saturated rings. The van der Waals surface area contributed by atoms with Gasteiger partial charge in [0.1, 0.15) is 12.7 Å². The van der Waals surface area contributed by atoms with Gasteiger partial charge in [-0.2, -0.15) is 0 Å². The highest BCUT2D eigenvalue weighted by Crippen LogP contribution is 2.24. The van der Waals surface area contributed by atoms with Crippen LogP contribution in [0.5, 0.6) is 0 Å². The van der Waals surface area contributed by atoms with Gasteiger partial charge in [0, 0.05) is 6.42 Å². The number of aliphatic carboxylic acids is 2. The predicted octanol–water partition coefficient (Wildman–Crippen LogP) is 4.38. The van der Waals surface area contributed by atoms with Gasteiger partial charge in [-0.15, -0.1) is 0 Å². The number of hydrogen-bond acceptors (Lipinski definition) is 8. The molecule has 0 aromatic carbocycles. The topological polar surface area (TPSA) is 168 Å². The second-order valence-corrected chi connectivity index (χ2v) is 9.74. The molecule has 0 aliphatic carbocycles. The number of aliphatic hydroxyl groups is 2. The van der Waals surface area contributed by atoms with Gasteiger partial charge in [0.15, 0.2) is 0 Å². The molecule has 0 radical (unpaired) electrons. The first-order valence-corrected chi connectivity index (χ1v) is 13.8. The Labute approximate surface area is 220 Å². The fourth-order valence-electron chi connectivity index (χ4n) is 4.01. The quantitative estimate of drug-likeness (QED) is 0.0978. The second-order valence-electron chi connectivity index (χ2n) is 9.74. The van der Waals surface area contributed by atoms with E-state index in [2.05, 4.69) is 11.7 Å². The first-order chi connectivity index (χ1) is 17.7. The summed E-state index contributed by atoms with van der Waals surface area (Å²) in [4.78, 5) is 47.3. The van der Waals surface area contributed by atoms with Crippen LogP contribution >= 0.6 is 0 Å². The molecule has 216 valence electrons. The number of aliphatic hydroxyl groups excluding tert-OH is 2. The van der Waals surface area contributed by atoms with Crippen molar-refractivity contribution in [3.05, 3.63) is 0 Å². The van der Waals surface area contributed by atoms with Crippen LogP contribution < -0.4 is 0 Å².